The van der Waals surface area contributed by atoms with Crippen molar-refractivity contribution in [2.24, 2.45) is 0 Å². The van der Waals surface area contributed by atoms with Crippen LogP contribution in [0.1, 0.15) is 11.5 Å². The molecule has 202 valence electrons. The van der Waals surface area contributed by atoms with Crippen LogP contribution in [0.15, 0.2) is 68.9 Å². The molecule has 0 aliphatic carbocycles. The van der Waals surface area contributed by atoms with E-state index in [-0.39, 0.29) is 44.6 Å². The van der Waals surface area contributed by atoms with Gasteiger partial charge in [0.15, 0.2) is 11.2 Å². The van der Waals surface area contributed by atoms with E-state index >= 15 is 0 Å². The molecule has 4 aromatic heterocycles. The summed E-state index contributed by atoms with van der Waals surface area (Å²) < 4.78 is 23.1. The maximum Gasteiger partial charge on any atom is 0.337 e. The molecule has 41 heavy (non-hydrogen) atoms. The summed E-state index contributed by atoms with van der Waals surface area (Å²) in [5.41, 5.74) is 3.35. The summed E-state index contributed by atoms with van der Waals surface area (Å²) in [6.07, 6.45) is 3.19. The third kappa shape index (κ3) is 4.19. The molecule has 0 unspecified atom stereocenters. The predicted molar refractivity (Wildman–Crippen MR) is 141 cm³/mol. The van der Waals surface area contributed by atoms with E-state index in [4.69, 9.17) is 10.2 Å². The van der Waals surface area contributed by atoms with Crippen molar-refractivity contribution >= 4 is 28.8 Å². The van der Waals surface area contributed by atoms with Gasteiger partial charge in [0.25, 0.3) is 5.56 Å². The van der Waals surface area contributed by atoms with E-state index in [0.717, 1.165) is 4.68 Å². The lowest BCUT2D eigenvalue weighted by Gasteiger charge is -2.11. The lowest BCUT2D eigenvalue weighted by Crippen LogP contribution is -2.42. The summed E-state index contributed by atoms with van der Waals surface area (Å²) in [5.74, 6) is -0.111. The Hall–Kier alpha value is -6.37. The topological polar surface area (TPSA) is 208 Å². The van der Waals surface area contributed by atoms with Crippen molar-refractivity contribution in [3.05, 3.63) is 93.0 Å². The van der Waals surface area contributed by atoms with Gasteiger partial charge in [-0.1, -0.05) is 11.2 Å². The second kappa shape index (κ2) is 9.43. The Morgan fingerprint density at radius 1 is 1.17 bits per heavy atom. The van der Waals surface area contributed by atoms with Gasteiger partial charge < -0.3 is 25.0 Å². The number of carbonyl (C=O) groups excluding carboxylic acids is 1. The summed E-state index contributed by atoms with van der Waals surface area (Å²) in [5, 5.41) is 23.4. The zero-order chi connectivity index (χ0) is 28.8. The molecule has 0 saturated carbocycles. The Bertz CT molecular complexity index is 2160. The molecule has 2 aromatic carbocycles. The van der Waals surface area contributed by atoms with E-state index < -0.39 is 23.1 Å². The summed E-state index contributed by atoms with van der Waals surface area (Å²) in [7, 11) is 0. The van der Waals surface area contributed by atoms with E-state index in [1.807, 2.05) is 6.07 Å². The van der Waals surface area contributed by atoms with Crippen LogP contribution in [0.4, 0.5) is 20.9 Å². The van der Waals surface area contributed by atoms with Crippen molar-refractivity contribution < 1.29 is 13.6 Å². The highest BCUT2D eigenvalue weighted by molar-refractivity contribution is 5.93. The number of aromatic amines is 1. The van der Waals surface area contributed by atoms with Gasteiger partial charge in [0, 0.05) is 29.7 Å². The number of nitrogen functional groups attached to an aromatic ring is 1. The van der Waals surface area contributed by atoms with Crippen molar-refractivity contribution in [2.75, 3.05) is 11.1 Å². The molecule has 16 heteroatoms. The predicted octanol–water partition coefficient (Wildman–Crippen LogP) is 2.09. The molecule has 0 radical (unpaired) electrons. The fraction of sp³-hybridized carbons (Fsp3) is 0.0400. The standard InChI is InChI=1S/C25H16FN11O4/c1-12-29-7-8-35(12)14-5-6-17(16(26)10-14)30-24(39)36-22(38)20-19(31-25(36)40)18(11-27)34-37(20)15-4-2-3-13(9-15)21-32-33-23(28)41-21/h2-10H,1H3,(H2,28,33)(H,30,39)(H,31,40). The van der Waals surface area contributed by atoms with E-state index in [2.05, 4.69) is 30.6 Å². The molecule has 0 aliphatic heterocycles. The third-order valence-electron chi connectivity index (χ3n) is 6.11. The minimum Gasteiger partial charge on any atom is -0.404 e. The molecule has 0 fully saturated rings. The van der Waals surface area contributed by atoms with Gasteiger partial charge in [0.1, 0.15) is 23.2 Å². The normalized spacial score (nSPS) is 11.0. The first-order chi connectivity index (χ1) is 19.7. The van der Waals surface area contributed by atoms with Crippen LogP contribution in [0.3, 0.4) is 0 Å². The van der Waals surface area contributed by atoms with Gasteiger partial charge in [0.05, 0.1) is 11.4 Å². The maximum absolute atomic E-state index is 14.9. The average Bonchev–Trinajstić information content (AvgIpc) is 3.68. The molecule has 6 aromatic rings. The first-order valence-corrected chi connectivity index (χ1v) is 11.7. The van der Waals surface area contributed by atoms with Gasteiger partial charge in [0.2, 0.25) is 5.89 Å². The Labute approximate surface area is 226 Å². The van der Waals surface area contributed by atoms with Gasteiger partial charge in [-0.25, -0.2) is 23.6 Å². The molecular weight excluding hydrogens is 537 g/mol. The summed E-state index contributed by atoms with van der Waals surface area (Å²) in [6.45, 7) is 1.74. The van der Waals surface area contributed by atoms with Gasteiger partial charge in [-0.3, -0.25) is 4.79 Å². The van der Waals surface area contributed by atoms with E-state index in [9.17, 15) is 24.0 Å². The molecule has 0 aliphatic rings. The Balaban J connectivity index is 1.43. The van der Waals surface area contributed by atoms with Crippen LogP contribution in [0.25, 0.3) is 33.9 Å². The van der Waals surface area contributed by atoms with E-state index in [1.54, 1.807) is 42.1 Å². The van der Waals surface area contributed by atoms with Crippen molar-refractivity contribution in [2.45, 2.75) is 6.92 Å². The lowest BCUT2D eigenvalue weighted by atomic mass is 10.2. The SMILES string of the molecule is Cc1nccn1-c1ccc(NC(=O)n2c(=O)[nH]c3c(C#N)nn(-c4cccc(-c5nnc(N)o5)c4)c3c2=O)c(F)c1. The van der Waals surface area contributed by atoms with Gasteiger partial charge >= 0.3 is 17.7 Å². The molecule has 0 saturated heterocycles. The summed E-state index contributed by atoms with van der Waals surface area (Å²) >= 11 is 0. The largest absolute Gasteiger partial charge is 0.404 e. The number of amides is 1. The highest BCUT2D eigenvalue weighted by Gasteiger charge is 2.23. The first kappa shape index (κ1) is 24.9. The summed E-state index contributed by atoms with van der Waals surface area (Å²) in [4.78, 5) is 45.9. The average molecular weight is 553 g/mol. The third-order valence-corrected chi connectivity index (χ3v) is 6.11. The van der Waals surface area contributed by atoms with Gasteiger partial charge in [-0.2, -0.15) is 14.9 Å². The van der Waals surface area contributed by atoms with Gasteiger partial charge in [-0.15, -0.1) is 5.10 Å². The number of anilines is 2. The zero-order valence-electron chi connectivity index (χ0n) is 20.9. The van der Waals surface area contributed by atoms with Crippen LogP contribution < -0.4 is 22.3 Å². The molecular formula is C25H16FN11O4. The van der Waals surface area contributed by atoms with E-state index in [1.165, 1.54) is 24.3 Å². The molecule has 4 heterocycles. The molecule has 6 rings (SSSR count). The van der Waals surface area contributed by atoms with Gasteiger partial charge in [-0.05, 0) is 37.3 Å². The first-order valence-electron chi connectivity index (χ1n) is 11.7. The number of nitrogens with zero attached hydrogens (tertiary/aromatic N) is 8. The second-order valence-electron chi connectivity index (χ2n) is 8.60. The number of benzene rings is 2. The number of nitrogens with two attached hydrogens (primary N) is 1. The number of halogens is 1. The van der Waals surface area contributed by atoms with E-state index in [0.29, 0.717) is 17.1 Å². The van der Waals surface area contributed by atoms with Crippen molar-refractivity contribution in [3.8, 4) is 28.9 Å². The number of H-pyrrole nitrogens is 1. The highest BCUT2D eigenvalue weighted by atomic mass is 19.1. The van der Waals surface area contributed by atoms with Crippen LogP contribution in [0.2, 0.25) is 0 Å². The lowest BCUT2D eigenvalue weighted by molar-refractivity contribution is 0.252. The number of fused-ring (bicyclic) bond motifs is 1. The van der Waals surface area contributed by atoms with Crippen molar-refractivity contribution in [1.29, 1.82) is 5.26 Å². The van der Waals surface area contributed by atoms with Crippen LogP contribution in [0, 0.1) is 24.1 Å². The Kier molecular flexibility index (Phi) is 5.73. The number of nitrogens with one attached hydrogen (secondary N) is 2. The number of hydrogen-bond donors (Lipinski definition) is 3. The fourth-order valence-electron chi connectivity index (χ4n) is 4.24. The number of rotatable bonds is 4. The number of hydrogen-bond acceptors (Lipinski definition) is 10. The molecule has 0 atom stereocenters. The summed E-state index contributed by atoms with van der Waals surface area (Å²) in [6, 6.07) is 10.7. The smallest absolute Gasteiger partial charge is 0.337 e. The number of carbonyl (C=O) groups is 1. The molecule has 1 amide bonds. The Morgan fingerprint density at radius 3 is 2.68 bits per heavy atom. The van der Waals surface area contributed by atoms with Crippen LogP contribution in [0.5, 0.6) is 0 Å². The maximum atomic E-state index is 14.9. The van der Waals surface area contributed by atoms with Crippen LogP contribution in [-0.4, -0.2) is 45.1 Å². The number of nitriles is 1. The Morgan fingerprint density at radius 2 is 2.00 bits per heavy atom. The number of aryl methyl sites for hydroxylation is 1. The highest BCUT2D eigenvalue weighted by Crippen LogP contribution is 2.24. The quantitative estimate of drug-likeness (QED) is 0.289. The fourth-order valence-corrected chi connectivity index (χ4v) is 4.24. The molecule has 4 N–H and O–H groups in total. The number of aromatic nitrogens is 8. The van der Waals surface area contributed by atoms with Crippen molar-refractivity contribution in [1.82, 2.24) is 39.1 Å². The second-order valence-corrected chi connectivity index (χ2v) is 8.60. The van der Waals surface area contributed by atoms with Crippen molar-refractivity contribution in [3.63, 3.8) is 0 Å². The zero-order valence-corrected chi connectivity index (χ0v) is 20.9. The van der Waals surface area contributed by atoms with Crippen LogP contribution in [-0.2, 0) is 0 Å². The molecule has 15 nitrogen and oxygen atoms in total. The molecule has 0 spiro atoms. The number of imidazole rings is 1. The minimum atomic E-state index is -1.23. The van der Waals surface area contributed by atoms with Crippen LogP contribution >= 0.6 is 0 Å². The monoisotopic (exact) mass is 553 g/mol. The molecule has 0 bridgehead atoms. The minimum absolute atomic E-state index is 0.0859.